The Morgan fingerprint density at radius 3 is 2.37 bits per heavy atom. The molecule has 0 spiro atoms. The number of nitriles is 1. The van der Waals surface area contributed by atoms with Crippen molar-refractivity contribution < 1.29 is 4.79 Å². The molecule has 1 aromatic carbocycles. The van der Waals surface area contributed by atoms with Gasteiger partial charge in [-0.25, -0.2) is 0 Å². The van der Waals surface area contributed by atoms with Gasteiger partial charge >= 0.3 is 0 Å². The van der Waals surface area contributed by atoms with E-state index in [0.717, 1.165) is 24.9 Å². The zero-order chi connectivity index (χ0) is 14.1. The van der Waals surface area contributed by atoms with Crippen molar-refractivity contribution in [2.75, 3.05) is 23.7 Å². The number of hydrogen-bond acceptors (Lipinski definition) is 4. The molecule has 1 heterocycles. The van der Waals surface area contributed by atoms with Crippen LogP contribution in [0.4, 0.5) is 5.69 Å². The second-order valence-electron chi connectivity index (χ2n) is 4.04. The zero-order valence-corrected chi connectivity index (χ0v) is 12.4. The largest absolute Gasteiger partial charge is 0.372 e. The highest BCUT2D eigenvalue weighted by Crippen LogP contribution is 2.20. The Bertz CT molecular complexity index is 430. The van der Waals surface area contributed by atoms with Crippen molar-refractivity contribution >= 4 is 23.2 Å². The molecular weight excluding hydrogens is 256 g/mol. The number of benzene rings is 1. The van der Waals surface area contributed by atoms with Crippen LogP contribution < -0.4 is 4.90 Å². The van der Waals surface area contributed by atoms with E-state index in [0.29, 0.717) is 5.56 Å². The van der Waals surface area contributed by atoms with Gasteiger partial charge in [0.1, 0.15) is 5.40 Å². The molecule has 19 heavy (non-hydrogen) atoms. The maximum atomic E-state index is 11.7. The first kappa shape index (κ1) is 15.6. The van der Waals surface area contributed by atoms with Gasteiger partial charge in [-0.05, 0) is 48.9 Å². The lowest BCUT2D eigenvalue weighted by Gasteiger charge is -2.17. The van der Waals surface area contributed by atoms with Gasteiger partial charge in [-0.1, -0.05) is 13.8 Å². The summed E-state index contributed by atoms with van der Waals surface area (Å²) in [6, 6.07) is 7.70. The third kappa shape index (κ3) is 4.60. The molecule has 2 rings (SSSR count). The highest BCUT2D eigenvalue weighted by molar-refractivity contribution is 8.04. The number of thioether (sulfide) groups is 1. The quantitative estimate of drug-likeness (QED) is 0.621. The van der Waals surface area contributed by atoms with Crippen LogP contribution in [0.3, 0.4) is 0 Å². The molecule has 0 aliphatic carbocycles. The minimum Gasteiger partial charge on any atom is -0.372 e. The number of Topliss-reactive ketones (excluding diaryl/α,β-unsaturated/α-hetero) is 1. The number of rotatable bonds is 4. The Kier molecular flexibility index (Phi) is 7.06. The third-order valence-electron chi connectivity index (χ3n) is 2.93. The molecule has 1 aliphatic heterocycles. The van der Waals surface area contributed by atoms with Crippen molar-refractivity contribution in [3.05, 3.63) is 29.8 Å². The molecule has 4 heteroatoms. The van der Waals surface area contributed by atoms with Crippen molar-refractivity contribution in [2.24, 2.45) is 0 Å². The van der Waals surface area contributed by atoms with Crippen LogP contribution in [0.2, 0.25) is 0 Å². The first-order valence-corrected chi connectivity index (χ1v) is 7.69. The summed E-state index contributed by atoms with van der Waals surface area (Å²) in [6.45, 7) is 6.22. The van der Waals surface area contributed by atoms with Crippen LogP contribution in [0.1, 0.15) is 37.0 Å². The number of carbonyl (C=O) groups excluding carboxylic acids is 1. The van der Waals surface area contributed by atoms with Gasteiger partial charge in [-0.2, -0.15) is 5.26 Å². The standard InChI is InChI=1S/C13H14N2OS.C2H6/c14-10-17-9-13(16)11-3-5-12(6-4-11)15-7-1-2-8-15;1-2/h3-6H,1-2,7-9H2;1-2H3. The lowest BCUT2D eigenvalue weighted by Crippen LogP contribution is -2.17. The molecular formula is C15H20N2OS. The summed E-state index contributed by atoms with van der Waals surface area (Å²) in [5.74, 6) is 0.254. The Hall–Kier alpha value is -1.47. The molecule has 0 bridgehead atoms. The fraction of sp³-hybridized carbons (Fsp3) is 0.467. The minimum absolute atomic E-state index is 0.0181. The second kappa shape index (κ2) is 8.60. The van der Waals surface area contributed by atoms with E-state index in [9.17, 15) is 4.79 Å². The smallest absolute Gasteiger partial charge is 0.173 e. The first-order chi connectivity index (χ1) is 9.31. The highest BCUT2D eigenvalue weighted by atomic mass is 32.2. The fourth-order valence-electron chi connectivity index (χ4n) is 2.01. The van der Waals surface area contributed by atoms with Crippen LogP contribution in [-0.2, 0) is 0 Å². The van der Waals surface area contributed by atoms with Gasteiger partial charge in [0.25, 0.3) is 0 Å². The Morgan fingerprint density at radius 1 is 1.26 bits per heavy atom. The lowest BCUT2D eigenvalue weighted by molar-refractivity contribution is 0.102. The summed E-state index contributed by atoms with van der Waals surface area (Å²) in [5, 5.41) is 10.3. The van der Waals surface area contributed by atoms with E-state index in [-0.39, 0.29) is 11.5 Å². The van der Waals surface area contributed by atoms with Gasteiger partial charge in [0.15, 0.2) is 5.78 Å². The monoisotopic (exact) mass is 276 g/mol. The summed E-state index contributed by atoms with van der Waals surface area (Å²) in [6.07, 6.45) is 2.50. The van der Waals surface area contributed by atoms with Gasteiger partial charge in [0.05, 0.1) is 5.75 Å². The molecule has 102 valence electrons. The molecule has 1 aromatic rings. The van der Waals surface area contributed by atoms with Gasteiger partial charge in [0, 0.05) is 24.3 Å². The van der Waals surface area contributed by atoms with E-state index in [2.05, 4.69) is 4.90 Å². The third-order valence-corrected chi connectivity index (χ3v) is 3.46. The van der Waals surface area contributed by atoms with Crippen molar-refractivity contribution in [2.45, 2.75) is 26.7 Å². The topological polar surface area (TPSA) is 44.1 Å². The molecule has 3 nitrogen and oxygen atoms in total. The van der Waals surface area contributed by atoms with E-state index >= 15 is 0 Å². The predicted molar refractivity (Wildman–Crippen MR) is 81.6 cm³/mol. The van der Waals surface area contributed by atoms with Crippen LogP contribution in [0, 0.1) is 10.7 Å². The highest BCUT2D eigenvalue weighted by Gasteiger charge is 2.12. The van der Waals surface area contributed by atoms with Gasteiger partial charge in [-0.3, -0.25) is 4.79 Å². The van der Waals surface area contributed by atoms with Crippen LogP contribution >= 0.6 is 11.8 Å². The summed E-state index contributed by atoms with van der Waals surface area (Å²) in [7, 11) is 0. The molecule has 0 N–H and O–H groups in total. The van der Waals surface area contributed by atoms with E-state index in [1.54, 1.807) is 0 Å². The Labute approximate surface area is 119 Å². The van der Waals surface area contributed by atoms with E-state index in [4.69, 9.17) is 5.26 Å². The zero-order valence-electron chi connectivity index (χ0n) is 11.6. The minimum atomic E-state index is 0.0181. The number of carbonyl (C=O) groups is 1. The normalized spacial score (nSPS) is 13.4. The summed E-state index contributed by atoms with van der Waals surface area (Å²) >= 11 is 0.986. The summed E-state index contributed by atoms with van der Waals surface area (Å²) < 4.78 is 0. The first-order valence-electron chi connectivity index (χ1n) is 6.70. The van der Waals surface area contributed by atoms with Crippen molar-refractivity contribution in [1.29, 1.82) is 5.26 Å². The Balaban J connectivity index is 0.000000861. The van der Waals surface area contributed by atoms with Gasteiger partial charge in [0.2, 0.25) is 0 Å². The van der Waals surface area contributed by atoms with E-state index in [1.165, 1.54) is 18.5 Å². The maximum absolute atomic E-state index is 11.7. The van der Waals surface area contributed by atoms with Crippen molar-refractivity contribution in [1.82, 2.24) is 0 Å². The van der Waals surface area contributed by atoms with E-state index < -0.39 is 0 Å². The average molecular weight is 276 g/mol. The van der Waals surface area contributed by atoms with Crippen LogP contribution in [0.5, 0.6) is 0 Å². The molecule has 0 amide bonds. The van der Waals surface area contributed by atoms with Crippen molar-refractivity contribution in [3.63, 3.8) is 0 Å². The molecule has 0 radical (unpaired) electrons. The molecule has 0 atom stereocenters. The summed E-state index contributed by atoms with van der Waals surface area (Å²) in [5.41, 5.74) is 1.88. The van der Waals surface area contributed by atoms with E-state index in [1.807, 2.05) is 43.5 Å². The Morgan fingerprint density at radius 2 is 1.84 bits per heavy atom. The van der Waals surface area contributed by atoms with Gasteiger partial charge in [-0.15, -0.1) is 0 Å². The van der Waals surface area contributed by atoms with Crippen LogP contribution in [0.25, 0.3) is 0 Å². The number of hydrogen-bond donors (Lipinski definition) is 0. The molecule has 0 unspecified atom stereocenters. The second-order valence-corrected chi connectivity index (χ2v) is 4.80. The number of thiocyanates is 1. The number of nitrogens with zero attached hydrogens (tertiary/aromatic N) is 2. The van der Waals surface area contributed by atoms with Gasteiger partial charge < -0.3 is 4.90 Å². The van der Waals surface area contributed by atoms with Crippen molar-refractivity contribution in [3.8, 4) is 5.40 Å². The fourth-order valence-corrected chi connectivity index (χ4v) is 2.38. The SMILES string of the molecule is CC.N#CSCC(=O)c1ccc(N2CCCC2)cc1. The molecule has 0 saturated carbocycles. The predicted octanol–water partition coefficient (Wildman–Crippen LogP) is 3.71. The maximum Gasteiger partial charge on any atom is 0.173 e. The average Bonchev–Trinajstić information content (AvgIpc) is 3.01. The van der Waals surface area contributed by atoms with Crippen LogP contribution in [-0.4, -0.2) is 24.6 Å². The molecule has 1 aliphatic rings. The molecule has 1 fully saturated rings. The van der Waals surface area contributed by atoms with Crippen LogP contribution in [0.15, 0.2) is 24.3 Å². The number of ketones is 1. The molecule has 1 saturated heterocycles. The molecule has 0 aromatic heterocycles. The number of anilines is 1. The lowest BCUT2D eigenvalue weighted by atomic mass is 10.1. The summed E-state index contributed by atoms with van der Waals surface area (Å²) in [4.78, 5) is 14.0.